The third kappa shape index (κ3) is 5.09. The number of hydrogen-bond donors (Lipinski definition) is 2. The van der Waals surface area contributed by atoms with Gasteiger partial charge in [-0.2, -0.15) is 0 Å². The zero-order valence-corrected chi connectivity index (χ0v) is 19.9. The number of rotatable bonds is 8. The van der Waals surface area contributed by atoms with Gasteiger partial charge in [0, 0.05) is 22.2 Å². The number of amides is 2. The van der Waals surface area contributed by atoms with E-state index in [0.29, 0.717) is 33.9 Å². The Labute approximate surface area is 195 Å². The molecule has 9 heteroatoms. The third-order valence-corrected chi connectivity index (χ3v) is 5.94. The van der Waals surface area contributed by atoms with Gasteiger partial charge in [-0.15, -0.1) is 11.3 Å². The predicted octanol–water partition coefficient (Wildman–Crippen LogP) is 3.93. The summed E-state index contributed by atoms with van der Waals surface area (Å²) >= 11 is 1.16. The van der Waals surface area contributed by atoms with Crippen LogP contribution in [0.3, 0.4) is 0 Å². The number of nitrogens with one attached hydrogen (secondary N) is 2. The molecule has 0 atom stereocenters. The number of hydrogen-bond acceptors (Lipinski definition) is 7. The Morgan fingerprint density at radius 2 is 1.61 bits per heavy atom. The maximum Gasteiger partial charge on any atom is 0.258 e. The van der Waals surface area contributed by atoms with Crippen molar-refractivity contribution in [2.24, 2.45) is 5.92 Å². The summed E-state index contributed by atoms with van der Waals surface area (Å²) in [4.78, 5) is 39.2. The first kappa shape index (κ1) is 24.1. The lowest BCUT2D eigenvalue weighted by molar-refractivity contribution is 0.0949. The molecule has 0 saturated heterocycles. The molecule has 33 heavy (non-hydrogen) atoms. The molecule has 2 amide bonds. The maximum atomic E-state index is 13.2. The fraction of sp³-hybridized carbons (Fsp3) is 0.292. The summed E-state index contributed by atoms with van der Waals surface area (Å²) in [6.07, 6.45) is 0. The summed E-state index contributed by atoms with van der Waals surface area (Å²) in [6, 6.07) is 9.96. The van der Waals surface area contributed by atoms with E-state index in [0.717, 1.165) is 11.3 Å². The Balaban J connectivity index is 2.08. The molecule has 174 valence electrons. The van der Waals surface area contributed by atoms with E-state index in [2.05, 4.69) is 10.6 Å². The van der Waals surface area contributed by atoms with Gasteiger partial charge in [-0.05, 0) is 30.2 Å². The number of ether oxygens (including phenoxy) is 3. The van der Waals surface area contributed by atoms with Gasteiger partial charge < -0.3 is 24.8 Å². The molecule has 8 nitrogen and oxygen atoms in total. The maximum absolute atomic E-state index is 13.2. The lowest BCUT2D eigenvalue weighted by Gasteiger charge is -2.15. The van der Waals surface area contributed by atoms with Gasteiger partial charge in [0.25, 0.3) is 11.8 Å². The summed E-state index contributed by atoms with van der Waals surface area (Å²) in [5.74, 6) is 0.104. The largest absolute Gasteiger partial charge is 0.493 e. The first-order valence-electron chi connectivity index (χ1n) is 10.3. The smallest absolute Gasteiger partial charge is 0.258 e. The summed E-state index contributed by atoms with van der Waals surface area (Å²) in [5.41, 5.74) is -0.322. The van der Waals surface area contributed by atoms with Crippen molar-refractivity contribution < 1.29 is 23.8 Å². The zero-order valence-electron chi connectivity index (χ0n) is 19.1. The minimum absolute atomic E-state index is 0.0971. The van der Waals surface area contributed by atoms with Crippen LogP contribution < -0.4 is 30.3 Å². The highest BCUT2D eigenvalue weighted by Crippen LogP contribution is 2.38. The van der Waals surface area contributed by atoms with Crippen molar-refractivity contribution >= 4 is 38.2 Å². The normalized spacial score (nSPS) is 10.7. The van der Waals surface area contributed by atoms with Crippen molar-refractivity contribution in [3.05, 3.63) is 57.7 Å². The van der Waals surface area contributed by atoms with Crippen molar-refractivity contribution in [2.75, 3.05) is 33.2 Å². The van der Waals surface area contributed by atoms with Crippen molar-refractivity contribution in [3.63, 3.8) is 0 Å². The van der Waals surface area contributed by atoms with Crippen LogP contribution in [0.5, 0.6) is 17.2 Å². The first-order valence-corrected chi connectivity index (χ1v) is 11.1. The van der Waals surface area contributed by atoms with E-state index in [1.165, 1.54) is 33.5 Å². The number of carbonyl (C=O) groups excluding carboxylic acids is 2. The minimum atomic E-state index is -0.532. The highest BCUT2D eigenvalue weighted by Gasteiger charge is 2.23. The second-order valence-electron chi connectivity index (χ2n) is 7.60. The van der Waals surface area contributed by atoms with Crippen molar-refractivity contribution in [2.45, 2.75) is 13.8 Å². The Morgan fingerprint density at radius 3 is 2.18 bits per heavy atom. The number of benzene rings is 2. The van der Waals surface area contributed by atoms with E-state index >= 15 is 0 Å². The highest BCUT2D eigenvalue weighted by molar-refractivity contribution is 7.22. The molecule has 3 aromatic rings. The second kappa shape index (κ2) is 10.4. The minimum Gasteiger partial charge on any atom is -0.493 e. The summed E-state index contributed by atoms with van der Waals surface area (Å²) in [6.45, 7) is 4.30. The zero-order chi connectivity index (χ0) is 24.1. The Bertz CT molecular complexity index is 1230. The Morgan fingerprint density at radius 1 is 0.970 bits per heavy atom. The molecule has 0 unspecified atom stereocenters. The molecule has 2 N–H and O–H groups in total. The van der Waals surface area contributed by atoms with Crippen LogP contribution in [-0.4, -0.2) is 39.7 Å². The average molecular weight is 471 g/mol. The van der Waals surface area contributed by atoms with Gasteiger partial charge in [-0.3, -0.25) is 14.4 Å². The van der Waals surface area contributed by atoms with Crippen LogP contribution >= 0.6 is 11.3 Å². The molecule has 0 fully saturated rings. The van der Waals surface area contributed by atoms with Crippen molar-refractivity contribution in [1.29, 1.82) is 0 Å². The van der Waals surface area contributed by atoms with E-state index in [4.69, 9.17) is 14.2 Å². The second-order valence-corrected chi connectivity index (χ2v) is 8.66. The number of anilines is 1. The molecule has 0 spiro atoms. The highest BCUT2D eigenvalue weighted by atomic mass is 32.1. The van der Waals surface area contributed by atoms with E-state index in [1.54, 1.807) is 24.3 Å². The van der Waals surface area contributed by atoms with E-state index in [-0.39, 0.29) is 22.0 Å². The fourth-order valence-corrected chi connectivity index (χ4v) is 4.28. The molecule has 0 aliphatic carbocycles. The van der Waals surface area contributed by atoms with Crippen molar-refractivity contribution in [1.82, 2.24) is 5.32 Å². The Kier molecular flexibility index (Phi) is 7.55. The molecular formula is C24H26N2O6S. The molecule has 1 heterocycles. The molecule has 0 saturated carbocycles. The molecule has 0 radical (unpaired) electrons. The van der Waals surface area contributed by atoms with Crippen LogP contribution in [0, 0.1) is 5.92 Å². The number of fused-ring (bicyclic) bond motifs is 1. The van der Waals surface area contributed by atoms with Gasteiger partial charge in [0.1, 0.15) is 10.6 Å². The molecule has 0 bridgehead atoms. The SMILES string of the molecule is COc1cc(C(=O)Nc2sc3ccccc3c(=O)c2C(=O)NCC(C)C)cc(OC)c1OC. The van der Waals surface area contributed by atoms with Crippen LogP contribution in [0.25, 0.3) is 10.1 Å². The summed E-state index contributed by atoms with van der Waals surface area (Å²) < 4.78 is 16.6. The molecule has 2 aromatic carbocycles. The molecule has 0 aliphatic heterocycles. The number of carbonyl (C=O) groups is 2. The monoisotopic (exact) mass is 470 g/mol. The lowest BCUT2D eigenvalue weighted by Crippen LogP contribution is -2.32. The van der Waals surface area contributed by atoms with Gasteiger partial charge >= 0.3 is 0 Å². The molecule has 0 aliphatic rings. The van der Waals surface area contributed by atoms with Gasteiger partial charge in [0.05, 0.1) is 21.3 Å². The van der Waals surface area contributed by atoms with Crippen LogP contribution in [0.1, 0.15) is 34.6 Å². The summed E-state index contributed by atoms with van der Waals surface area (Å²) in [5, 5.41) is 6.09. The van der Waals surface area contributed by atoms with E-state index in [9.17, 15) is 14.4 Å². The van der Waals surface area contributed by atoms with Gasteiger partial charge in [0.15, 0.2) is 11.5 Å². The third-order valence-electron chi connectivity index (χ3n) is 4.85. The predicted molar refractivity (Wildman–Crippen MR) is 129 cm³/mol. The topological polar surface area (TPSA) is 103 Å². The Hall–Kier alpha value is -3.59. The quantitative estimate of drug-likeness (QED) is 0.517. The van der Waals surface area contributed by atoms with Crippen LogP contribution in [-0.2, 0) is 0 Å². The lowest BCUT2D eigenvalue weighted by atomic mass is 10.1. The summed E-state index contributed by atoms with van der Waals surface area (Å²) in [7, 11) is 4.37. The average Bonchev–Trinajstić information content (AvgIpc) is 2.81. The molecule has 3 rings (SSSR count). The van der Waals surface area contributed by atoms with Crippen molar-refractivity contribution in [3.8, 4) is 17.2 Å². The van der Waals surface area contributed by atoms with Crippen LogP contribution in [0.4, 0.5) is 5.00 Å². The fourth-order valence-electron chi connectivity index (χ4n) is 3.21. The molecule has 1 aromatic heterocycles. The van der Waals surface area contributed by atoms with Crippen LogP contribution in [0.15, 0.2) is 41.2 Å². The van der Waals surface area contributed by atoms with Gasteiger partial charge in [-0.1, -0.05) is 26.0 Å². The van der Waals surface area contributed by atoms with Crippen LogP contribution in [0.2, 0.25) is 0 Å². The van der Waals surface area contributed by atoms with Gasteiger partial charge in [0.2, 0.25) is 11.2 Å². The van der Waals surface area contributed by atoms with Gasteiger partial charge in [-0.25, -0.2) is 0 Å². The number of methoxy groups -OCH3 is 3. The van der Waals surface area contributed by atoms with E-state index < -0.39 is 17.2 Å². The first-order chi connectivity index (χ1) is 15.8. The standard InChI is InChI=1S/C24H26N2O6S/c1-13(2)12-25-23(29)19-20(27)15-8-6-7-9-18(15)33-24(19)26-22(28)14-10-16(30-3)21(32-5)17(11-14)31-4/h6-11,13H,12H2,1-5H3,(H,25,29)(H,26,28). The molecular weight excluding hydrogens is 444 g/mol. The van der Waals surface area contributed by atoms with E-state index in [1.807, 2.05) is 13.8 Å².